The van der Waals surface area contributed by atoms with Gasteiger partial charge in [-0.2, -0.15) is 0 Å². The van der Waals surface area contributed by atoms with Crippen LogP contribution in [0.4, 0.5) is 17.1 Å². The van der Waals surface area contributed by atoms with Crippen LogP contribution in [0.25, 0.3) is 0 Å². The lowest BCUT2D eigenvalue weighted by Crippen LogP contribution is -2.30. The first-order chi connectivity index (χ1) is 13.5. The van der Waals surface area contributed by atoms with Gasteiger partial charge in [0.1, 0.15) is 6.17 Å². The molecule has 0 amide bonds. The normalized spacial score (nSPS) is 14.5. The molecule has 0 aliphatic carbocycles. The van der Waals surface area contributed by atoms with Gasteiger partial charge in [-0.15, -0.1) is 0 Å². The molecule has 0 unspecified atom stereocenters. The number of non-ortho nitro benzene ring substituents is 1. The number of hydrogen-bond donors (Lipinski definition) is 0. The van der Waals surface area contributed by atoms with E-state index in [-0.39, 0.29) is 16.8 Å². The van der Waals surface area contributed by atoms with Gasteiger partial charge in [-0.05, 0) is 55.8 Å². The highest BCUT2D eigenvalue weighted by Crippen LogP contribution is 2.38. The number of nitrogens with zero attached hydrogens (tertiary/aromatic N) is 3. The summed E-state index contributed by atoms with van der Waals surface area (Å²) in [7, 11) is 0. The van der Waals surface area contributed by atoms with Crippen molar-refractivity contribution in [2.24, 2.45) is 0 Å². The zero-order valence-corrected chi connectivity index (χ0v) is 16.1. The molecular formula is C23H23N3O2. The van der Waals surface area contributed by atoms with Gasteiger partial charge in [0.05, 0.1) is 4.92 Å². The Kier molecular flexibility index (Phi) is 4.74. The Morgan fingerprint density at radius 2 is 1.18 bits per heavy atom. The van der Waals surface area contributed by atoms with E-state index in [0.717, 1.165) is 30.0 Å². The maximum absolute atomic E-state index is 11.1. The van der Waals surface area contributed by atoms with Crippen LogP contribution >= 0.6 is 0 Å². The summed E-state index contributed by atoms with van der Waals surface area (Å²) in [5, 5.41) is 11.1. The van der Waals surface area contributed by atoms with E-state index in [4.69, 9.17) is 0 Å². The van der Waals surface area contributed by atoms with Crippen LogP contribution in [0.1, 0.15) is 22.9 Å². The summed E-state index contributed by atoms with van der Waals surface area (Å²) in [4.78, 5) is 15.4. The number of nitro groups is 1. The second-order valence-corrected chi connectivity index (χ2v) is 7.28. The fourth-order valence-electron chi connectivity index (χ4n) is 3.77. The van der Waals surface area contributed by atoms with Gasteiger partial charge in [-0.1, -0.05) is 35.4 Å². The Bertz CT molecular complexity index is 913. The van der Waals surface area contributed by atoms with E-state index in [2.05, 4.69) is 72.2 Å². The molecule has 1 fully saturated rings. The predicted octanol–water partition coefficient (Wildman–Crippen LogP) is 5.24. The van der Waals surface area contributed by atoms with Crippen molar-refractivity contribution in [3.05, 3.63) is 99.6 Å². The van der Waals surface area contributed by atoms with E-state index in [1.165, 1.54) is 11.1 Å². The lowest BCUT2D eigenvalue weighted by atomic mass is 10.1. The van der Waals surface area contributed by atoms with Gasteiger partial charge in [-0.3, -0.25) is 10.1 Å². The Labute approximate surface area is 165 Å². The largest absolute Gasteiger partial charge is 0.346 e. The molecule has 1 aliphatic heterocycles. The highest BCUT2D eigenvalue weighted by atomic mass is 16.6. The Morgan fingerprint density at radius 1 is 0.750 bits per heavy atom. The summed E-state index contributed by atoms with van der Waals surface area (Å²) in [6.45, 7) is 5.94. The molecule has 4 rings (SSSR count). The molecule has 0 saturated carbocycles. The highest BCUT2D eigenvalue weighted by Gasteiger charge is 2.33. The lowest BCUT2D eigenvalue weighted by Gasteiger charge is -2.33. The van der Waals surface area contributed by atoms with E-state index < -0.39 is 0 Å². The minimum Gasteiger partial charge on any atom is -0.346 e. The minimum atomic E-state index is -0.353. The Balaban J connectivity index is 1.75. The molecule has 1 heterocycles. The van der Waals surface area contributed by atoms with Gasteiger partial charge >= 0.3 is 0 Å². The van der Waals surface area contributed by atoms with E-state index >= 15 is 0 Å². The summed E-state index contributed by atoms with van der Waals surface area (Å²) in [5.74, 6) is 0. The van der Waals surface area contributed by atoms with Crippen LogP contribution in [-0.2, 0) is 0 Å². The first kappa shape index (κ1) is 18.0. The van der Waals surface area contributed by atoms with Crippen molar-refractivity contribution in [1.29, 1.82) is 0 Å². The van der Waals surface area contributed by atoms with Gasteiger partial charge in [0, 0.05) is 36.6 Å². The minimum absolute atomic E-state index is 0.00813. The van der Waals surface area contributed by atoms with Crippen molar-refractivity contribution < 1.29 is 4.92 Å². The molecule has 5 nitrogen and oxygen atoms in total. The summed E-state index contributed by atoms with van der Waals surface area (Å²) >= 11 is 0. The third-order valence-corrected chi connectivity index (χ3v) is 5.31. The molecule has 0 spiro atoms. The predicted molar refractivity (Wildman–Crippen MR) is 113 cm³/mol. The molecule has 0 aromatic heterocycles. The highest BCUT2D eigenvalue weighted by molar-refractivity contribution is 5.60. The first-order valence-corrected chi connectivity index (χ1v) is 9.44. The zero-order chi connectivity index (χ0) is 19.7. The van der Waals surface area contributed by atoms with Crippen molar-refractivity contribution in [3.63, 3.8) is 0 Å². The first-order valence-electron chi connectivity index (χ1n) is 9.44. The Hall–Kier alpha value is -3.34. The fourth-order valence-corrected chi connectivity index (χ4v) is 3.77. The van der Waals surface area contributed by atoms with Crippen molar-refractivity contribution in [2.75, 3.05) is 22.9 Å². The number of nitro benzene ring substituents is 1. The maximum atomic E-state index is 11.1. The van der Waals surface area contributed by atoms with Crippen LogP contribution in [-0.4, -0.2) is 18.0 Å². The van der Waals surface area contributed by atoms with Crippen molar-refractivity contribution in [1.82, 2.24) is 0 Å². The molecule has 28 heavy (non-hydrogen) atoms. The number of aryl methyl sites for hydroxylation is 2. The van der Waals surface area contributed by atoms with Gasteiger partial charge in [0.2, 0.25) is 0 Å². The van der Waals surface area contributed by atoms with Crippen LogP contribution < -0.4 is 9.80 Å². The summed E-state index contributed by atoms with van der Waals surface area (Å²) < 4.78 is 0. The van der Waals surface area contributed by atoms with E-state index in [0.29, 0.717) is 0 Å². The van der Waals surface area contributed by atoms with Crippen LogP contribution in [0.2, 0.25) is 0 Å². The molecular weight excluding hydrogens is 350 g/mol. The third kappa shape index (κ3) is 3.43. The summed E-state index contributed by atoms with van der Waals surface area (Å²) in [5.41, 5.74) is 5.93. The molecule has 142 valence electrons. The molecule has 0 N–H and O–H groups in total. The summed E-state index contributed by atoms with van der Waals surface area (Å²) in [6, 6.07) is 24.0. The van der Waals surface area contributed by atoms with Crippen LogP contribution in [0, 0.1) is 24.0 Å². The van der Waals surface area contributed by atoms with Crippen molar-refractivity contribution >= 4 is 17.1 Å². The molecule has 0 atom stereocenters. The summed E-state index contributed by atoms with van der Waals surface area (Å²) in [6.07, 6.45) is -0.00813. The molecule has 1 aliphatic rings. The maximum Gasteiger partial charge on any atom is 0.269 e. The monoisotopic (exact) mass is 373 g/mol. The van der Waals surface area contributed by atoms with Gasteiger partial charge in [0.25, 0.3) is 5.69 Å². The van der Waals surface area contributed by atoms with Crippen LogP contribution in [0.15, 0.2) is 72.8 Å². The fraction of sp³-hybridized carbons (Fsp3) is 0.217. The molecule has 5 heteroatoms. The lowest BCUT2D eigenvalue weighted by molar-refractivity contribution is -0.384. The quantitative estimate of drug-likeness (QED) is 0.464. The number of benzene rings is 3. The molecule has 3 aromatic carbocycles. The SMILES string of the molecule is Cc1ccc(N2CCN(c3ccc(C)cc3)C2c2ccc([N+](=O)[O-])cc2)cc1. The second-order valence-electron chi connectivity index (χ2n) is 7.28. The number of rotatable bonds is 4. The van der Waals surface area contributed by atoms with Gasteiger partial charge < -0.3 is 9.80 Å². The zero-order valence-electron chi connectivity index (χ0n) is 16.1. The average Bonchev–Trinajstić information content (AvgIpc) is 3.14. The Morgan fingerprint density at radius 3 is 1.57 bits per heavy atom. The second kappa shape index (κ2) is 7.35. The number of anilines is 2. The number of hydrogen-bond acceptors (Lipinski definition) is 4. The van der Waals surface area contributed by atoms with Gasteiger partial charge in [-0.25, -0.2) is 0 Å². The third-order valence-electron chi connectivity index (χ3n) is 5.31. The molecule has 0 radical (unpaired) electrons. The van der Waals surface area contributed by atoms with Crippen LogP contribution in [0.3, 0.4) is 0 Å². The topological polar surface area (TPSA) is 49.6 Å². The average molecular weight is 373 g/mol. The van der Waals surface area contributed by atoms with E-state index in [9.17, 15) is 10.1 Å². The van der Waals surface area contributed by atoms with Crippen molar-refractivity contribution in [3.8, 4) is 0 Å². The molecule has 1 saturated heterocycles. The molecule has 3 aromatic rings. The van der Waals surface area contributed by atoms with E-state index in [1.807, 2.05) is 12.1 Å². The molecule has 0 bridgehead atoms. The smallest absolute Gasteiger partial charge is 0.269 e. The van der Waals surface area contributed by atoms with Gasteiger partial charge in [0.15, 0.2) is 0 Å². The standard InChI is InChI=1S/C23H23N3O2/c1-17-3-9-20(10-4-17)24-15-16-25(21-11-5-18(2)6-12-21)23(24)19-7-13-22(14-8-19)26(27)28/h3-14,23H,15-16H2,1-2H3. The van der Waals surface area contributed by atoms with E-state index in [1.54, 1.807) is 12.1 Å². The van der Waals surface area contributed by atoms with Crippen LogP contribution in [0.5, 0.6) is 0 Å². The van der Waals surface area contributed by atoms with Crippen molar-refractivity contribution in [2.45, 2.75) is 20.0 Å².